The first-order valence-corrected chi connectivity index (χ1v) is 6.52. The summed E-state index contributed by atoms with van der Waals surface area (Å²) in [6.45, 7) is 0.717. The van der Waals surface area contributed by atoms with Gasteiger partial charge in [0.1, 0.15) is 0 Å². The van der Waals surface area contributed by atoms with E-state index in [1.807, 2.05) is 29.8 Å². The van der Waals surface area contributed by atoms with Gasteiger partial charge in [0.25, 0.3) is 0 Å². The highest BCUT2D eigenvalue weighted by Crippen LogP contribution is 2.21. The number of hydrogen-bond donors (Lipinski definition) is 2. The molecule has 1 aromatic carbocycles. The number of hydrogen-bond acceptors (Lipinski definition) is 4. The number of thiazole rings is 1. The smallest absolute Gasteiger partial charge is 0.182 e. The summed E-state index contributed by atoms with van der Waals surface area (Å²) in [6, 6.07) is 10.2. The number of aromatic amines is 1. The van der Waals surface area contributed by atoms with Crippen molar-refractivity contribution in [2.45, 2.75) is 6.54 Å². The Bertz CT molecular complexity index is 601. The lowest BCUT2D eigenvalue weighted by molar-refractivity contribution is 1.10. The van der Waals surface area contributed by atoms with Gasteiger partial charge in [-0.2, -0.15) is 5.10 Å². The van der Waals surface area contributed by atoms with Crippen LogP contribution in [0.25, 0.3) is 11.3 Å². The molecule has 0 atom stereocenters. The zero-order chi connectivity index (χ0) is 12.2. The lowest BCUT2D eigenvalue weighted by atomic mass is 10.1. The summed E-state index contributed by atoms with van der Waals surface area (Å²) >= 11 is 1.59. The molecule has 0 amide bonds. The van der Waals surface area contributed by atoms with Crippen LogP contribution in [-0.2, 0) is 6.54 Å². The Balaban J connectivity index is 1.80. The van der Waals surface area contributed by atoms with Crippen molar-refractivity contribution in [3.8, 4) is 11.3 Å². The van der Waals surface area contributed by atoms with E-state index in [4.69, 9.17) is 0 Å². The molecule has 2 N–H and O–H groups in total. The van der Waals surface area contributed by atoms with Crippen LogP contribution < -0.4 is 5.32 Å². The van der Waals surface area contributed by atoms with E-state index in [1.165, 1.54) is 0 Å². The average molecular weight is 256 g/mol. The molecule has 4 nitrogen and oxygen atoms in total. The molecule has 0 aliphatic carbocycles. The highest BCUT2D eigenvalue weighted by atomic mass is 32.1. The lowest BCUT2D eigenvalue weighted by Gasteiger charge is -2.04. The molecule has 90 valence electrons. The largest absolute Gasteiger partial charge is 0.357 e. The zero-order valence-corrected chi connectivity index (χ0v) is 10.4. The van der Waals surface area contributed by atoms with Crippen molar-refractivity contribution in [3.05, 3.63) is 53.7 Å². The topological polar surface area (TPSA) is 53.6 Å². The van der Waals surface area contributed by atoms with Crippen molar-refractivity contribution >= 4 is 16.5 Å². The molecule has 0 saturated heterocycles. The maximum atomic E-state index is 4.19. The Labute approximate surface area is 109 Å². The monoisotopic (exact) mass is 256 g/mol. The summed E-state index contributed by atoms with van der Waals surface area (Å²) in [6.07, 6.45) is 3.64. The molecule has 0 fully saturated rings. The number of anilines is 1. The van der Waals surface area contributed by atoms with E-state index >= 15 is 0 Å². The predicted octanol–water partition coefficient (Wildman–Crippen LogP) is 3.15. The molecule has 0 unspecified atom stereocenters. The van der Waals surface area contributed by atoms with Gasteiger partial charge in [-0.3, -0.25) is 5.10 Å². The number of H-pyrrole nitrogens is 1. The molecular weight excluding hydrogens is 244 g/mol. The van der Waals surface area contributed by atoms with Crippen LogP contribution in [-0.4, -0.2) is 15.2 Å². The molecular formula is C13H12N4S. The SMILES string of the molecule is c1ccc(-c2[nH]ncc2CNc2nccs2)cc1. The summed E-state index contributed by atoms with van der Waals surface area (Å²) < 4.78 is 0. The van der Waals surface area contributed by atoms with Crippen molar-refractivity contribution in [3.63, 3.8) is 0 Å². The maximum Gasteiger partial charge on any atom is 0.182 e. The molecule has 2 heterocycles. The molecule has 0 bridgehead atoms. The number of benzene rings is 1. The second-order valence-electron chi connectivity index (χ2n) is 3.83. The summed E-state index contributed by atoms with van der Waals surface area (Å²) in [4.78, 5) is 4.19. The molecule has 0 aliphatic rings. The molecule has 2 aromatic heterocycles. The quantitative estimate of drug-likeness (QED) is 0.754. The second kappa shape index (κ2) is 5.01. The first-order chi connectivity index (χ1) is 8.93. The predicted molar refractivity (Wildman–Crippen MR) is 73.5 cm³/mol. The highest BCUT2D eigenvalue weighted by molar-refractivity contribution is 7.13. The van der Waals surface area contributed by atoms with E-state index in [0.29, 0.717) is 6.54 Å². The third-order valence-corrected chi connectivity index (χ3v) is 3.37. The Morgan fingerprint density at radius 3 is 2.89 bits per heavy atom. The van der Waals surface area contributed by atoms with Gasteiger partial charge in [0.05, 0.1) is 11.9 Å². The third-order valence-electron chi connectivity index (χ3n) is 2.64. The summed E-state index contributed by atoms with van der Waals surface area (Å²) in [7, 11) is 0. The minimum Gasteiger partial charge on any atom is -0.357 e. The lowest BCUT2D eigenvalue weighted by Crippen LogP contribution is -1.99. The number of aromatic nitrogens is 3. The first-order valence-electron chi connectivity index (χ1n) is 5.64. The van der Waals surface area contributed by atoms with Gasteiger partial charge in [-0.1, -0.05) is 30.3 Å². The molecule has 0 aliphatic heterocycles. The van der Waals surface area contributed by atoms with Crippen LogP contribution in [0.5, 0.6) is 0 Å². The number of nitrogens with one attached hydrogen (secondary N) is 2. The fourth-order valence-electron chi connectivity index (χ4n) is 1.78. The van der Waals surface area contributed by atoms with Crippen molar-refractivity contribution in [2.24, 2.45) is 0 Å². The number of nitrogens with zero attached hydrogens (tertiary/aromatic N) is 2. The van der Waals surface area contributed by atoms with Gasteiger partial charge < -0.3 is 5.32 Å². The van der Waals surface area contributed by atoms with Crippen molar-refractivity contribution < 1.29 is 0 Å². The van der Waals surface area contributed by atoms with Gasteiger partial charge >= 0.3 is 0 Å². The molecule has 0 saturated carbocycles. The Morgan fingerprint density at radius 1 is 1.22 bits per heavy atom. The van der Waals surface area contributed by atoms with Gasteiger partial charge in [0.2, 0.25) is 0 Å². The van der Waals surface area contributed by atoms with Crippen LogP contribution >= 0.6 is 11.3 Å². The van der Waals surface area contributed by atoms with E-state index in [-0.39, 0.29) is 0 Å². The van der Waals surface area contributed by atoms with E-state index < -0.39 is 0 Å². The van der Waals surface area contributed by atoms with Gasteiger partial charge in [-0.25, -0.2) is 4.98 Å². The van der Waals surface area contributed by atoms with E-state index in [9.17, 15) is 0 Å². The Morgan fingerprint density at radius 2 is 2.11 bits per heavy atom. The van der Waals surface area contributed by atoms with E-state index in [1.54, 1.807) is 17.5 Å². The molecule has 0 radical (unpaired) electrons. The minimum atomic E-state index is 0.717. The van der Waals surface area contributed by atoms with Crippen molar-refractivity contribution in [1.29, 1.82) is 0 Å². The summed E-state index contributed by atoms with van der Waals surface area (Å²) in [5.74, 6) is 0. The van der Waals surface area contributed by atoms with Gasteiger partial charge in [0.15, 0.2) is 5.13 Å². The van der Waals surface area contributed by atoms with Crippen molar-refractivity contribution in [1.82, 2.24) is 15.2 Å². The summed E-state index contributed by atoms with van der Waals surface area (Å²) in [5, 5.41) is 13.3. The van der Waals surface area contributed by atoms with Crippen LogP contribution in [0.2, 0.25) is 0 Å². The van der Waals surface area contributed by atoms with Crippen LogP contribution in [0.4, 0.5) is 5.13 Å². The first kappa shape index (κ1) is 11.0. The Kier molecular flexibility index (Phi) is 3.06. The average Bonchev–Trinajstić information content (AvgIpc) is 3.09. The number of rotatable bonds is 4. The summed E-state index contributed by atoms with van der Waals surface area (Å²) in [5.41, 5.74) is 3.34. The van der Waals surface area contributed by atoms with Crippen LogP contribution in [0, 0.1) is 0 Å². The molecule has 3 aromatic rings. The molecule has 0 spiro atoms. The fraction of sp³-hybridized carbons (Fsp3) is 0.0769. The fourth-order valence-corrected chi connectivity index (χ4v) is 2.31. The van der Waals surface area contributed by atoms with Crippen molar-refractivity contribution in [2.75, 3.05) is 5.32 Å². The van der Waals surface area contributed by atoms with Gasteiger partial charge in [-0.05, 0) is 5.56 Å². The van der Waals surface area contributed by atoms with Gasteiger partial charge in [0, 0.05) is 23.7 Å². The Hall–Kier alpha value is -2.14. The molecule has 5 heteroatoms. The second-order valence-corrected chi connectivity index (χ2v) is 4.72. The maximum absolute atomic E-state index is 4.19. The molecule has 3 rings (SSSR count). The standard InChI is InChI=1S/C13H12N4S/c1-2-4-10(5-3-1)12-11(9-16-17-12)8-15-13-14-6-7-18-13/h1-7,9H,8H2,(H,14,15)(H,16,17). The minimum absolute atomic E-state index is 0.717. The van der Waals surface area contributed by atoms with Crippen LogP contribution in [0.1, 0.15) is 5.56 Å². The molecule has 18 heavy (non-hydrogen) atoms. The highest BCUT2D eigenvalue weighted by Gasteiger charge is 2.07. The third kappa shape index (κ3) is 2.26. The van der Waals surface area contributed by atoms with Gasteiger partial charge in [-0.15, -0.1) is 11.3 Å². The zero-order valence-electron chi connectivity index (χ0n) is 9.63. The van der Waals surface area contributed by atoms with Crippen LogP contribution in [0.15, 0.2) is 48.1 Å². The van der Waals surface area contributed by atoms with Crippen LogP contribution in [0.3, 0.4) is 0 Å². The normalized spacial score (nSPS) is 10.4. The van der Waals surface area contributed by atoms with E-state index in [2.05, 4.69) is 32.6 Å². The van der Waals surface area contributed by atoms with E-state index in [0.717, 1.165) is 22.0 Å².